The van der Waals surface area contributed by atoms with E-state index >= 15 is 0 Å². The molecule has 0 amide bonds. The lowest BCUT2D eigenvalue weighted by Crippen LogP contribution is -2.41. The van der Waals surface area contributed by atoms with Crippen LogP contribution >= 0.6 is 11.8 Å². The lowest BCUT2D eigenvalue weighted by Gasteiger charge is -2.21. The second-order valence-corrected chi connectivity index (χ2v) is 5.19. The van der Waals surface area contributed by atoms with Crippen molar-refractivity contribution in [3.63, 3.8) is 0 Å². The van der Waals surface area contributed by atoms with E-state index in [-0.39, 0.29) is 0 Å². The molecule has 0 saturated carbocycles. The van der Waals surface area contributed by atoms with Crippen molar-refractivity contribution in [2.24, 2.45) is 10.7 Å². The van der Waals surface area contributed by atoms with Gasteiger partial charge in [-0.2, -0.15) is 0 Å². The van der Waals surface area contributed by atoms with Crippen LogP contribution in [0.5, 0.6) is 0 Å². The van der Waals surface area contributed by atoms with Crippen LogP contribution in [0.1, 0.15) is 20.8 Å². The number of rotatable bonds is 2. The molecule has 0 radical (unpaired) electrons. The van der Waals surface area contributed by atoms with E-state index in [2.05, 4.69) is 4.99 Å². The normalized spacial score (nSPS) is 19.0. The minimum atomic E-state index is -0.707. The van der Waals surface area contributed by atoms with Crippen molar-refractivity contribution in [2.45, 2.75) is 32.4 Å². The highest BCUT2D eigenvalue weighted by Gasteiger charge is 2.27. The van der Waals surface area contributed by atoms with Crippen molar-refractivity contribution in [3.8, 4) is 0 Å². The maximum Gasteiger partial charge on any atom is 0.330 e. The van der Waals surface area contributed by atoms with E-state index in [1.54, 1.807) is 0 Å². The molecule has 1 aliphatic rings. The summed E-state index contributed by atoms with van der Waals surface area (Å²) in [6.07, 6.45) is 0. The molecular formula is C9H16N2O2S. The van der Waals surface area contributed by atoms with Gasteiger partial charge in [-0.1, -0.05) is 0 Å². The summed E-state index contributed by atoms with van der Waals surface area (Å²) in [4.78, 5) is 15.6. The van der Waals surface area contributed by atoms with E-state index < -0.39 is 17.6 Å². The van der Waals surface area contributed by atoms with E-state index in [1.165, 1.54) is 11.8 Å². The zero-order valence-corrected chi connectivity index (χ0v) is 9.56. The third-order valence-electron chi connectivity index (χ3n) is 1.54. The summed E-state index contributed by atoms with van der Waals surface area (Å²) in [5.74, 6) is 0.511. The Morgan fingerprint density at radius 1 is 1.64 bits per heavy atom. The largest absolute Gasteiger partial charge is 0.458 e. The van der Waals surface area contributed by atoms with Gasteiger partial charge < -0.3 is 10.5 Å². The SMILES string of the molecule is CC(C)(C)OC(=O)C(N)C1=NCCS1. The highest BCUT2D eigenvalue weighted by Crippen LogP contribution is 2.16. The van der Waals surface area contributed by atoms with Gasteiger partial charge in [-0.3, -0.25) is 4.99 Å². The summed E-state index contributed by atoms with van der Waals surface area (Å²) in [5.41, 5.74) is 5.22. The van der Waals surface area contributed by atoms with Gasteiger partial charge in [0, 0.05) is 12.3 Å². The molecule has 0 aromatic heterocycles. The summed E-state index contributed by atoms with van der Waals surface area (Å²) in [5, 5.41) is 0.694. The standard InChI is InChI=1S/C9H16N2O2S/c1-9(2,3)13-8(12)6(10)7-11-4-5-14-7/h6H,4-5,10H2,1-3H3. The van der Waals surface area contributed by atoms with Crippen LogP contribution in [0.25, 0.3) is 0 Å². The van der Waals surface area contributed by atoms with Gasteiger partial charge in [0.05, 0.1) is 5.04 Å². The molecule has 0 aliphatic carbocycles. The summed E-state index contributed by atoms with van der Waals surface area (Å²) < 4.78 is 5.15. The van der Waals surface area contributed by atoms with Crippen molar-refractivity contribution in [3.05, 3.63) is 0 Å². The number of hydrogen-bond acceptors (Lipinski definition) is 5. The first kappa shape index (κ1) is 11.5. The molecule has 0 saturated heterocycles. The van der Waals surface area contributed by atoms with E-state index in [1.807, 2.05) is 20.8 Å². The average Bonchev–Trinajstić information content (AvgIpc) is 2.51. The Bertz CT molecular complexity index is 258. The number of carbonyl (C=O) groups is 1. The second kappa shape index (κ2) is 4.31. The molecule has 14 heavy (non-hydrogen) atoms. The third-order valence-corrected chi connectivity index (χ3v) is 2.60. The predicted molar refractivity (Wildman–Crippen MR) is 58.6 cm³/mol. The predicted octanol–water partition coefficient (Wildman–Crippen LogP) is 0.801. The van der Waals surface area contributed by atoms with Gasteiger partial charge in [-0.15, -0.1) is 11.8 Å². The topological polar surface area (TPSA) is 64.7 Å². The number of esters is 1. The van der Waals surface area contributed by atoms with Crippen molar-refractivity contribution in [1.82, 2.24) is 0 Å². The Morgan fingerprint density at radius 2 is 2.29 bits per heavy atom. The smallest absolute Gasteiger partial charge is 0.330 e. The summed E-state index contributed by atoms with van der Waals surface area (Å²) in [6, 6.07) is -0.707. The number of thioether (sulfide) groups is 1. The van der Waals surface area contributed by atoms with E-state index in [0.717, 1.165) is 12.3 Å². The van der Waals surface area contributed by atoms with Crippen molar-refractivity contribution < 1.29 is 9.53 Å². The Hall–Kier alpha value is -0.550. The van der Waals surface area contributed by atoms with Crippen LogP contribution in [-0.2, 0) is 9.53 Å². The van der Waals surface area contributed by atoms with Gasteiger partial charge in [-0.05, 0) is 20.8 Å². The third kappa shape index (κ3) is 3.31. The zero-order chi connectivity index (χ0) is 10.8. The molecule has 0 bridgehead atoms. The number of nitrogens with two attached hydrogens (primary N) is 1. The summed E-state index contributed by atoms with van der Waals surface area (Å²) in [7, 11) is 0. The maximum atomic E-state index is 11.5. The molecule has 0 aromatic carbocycles. The first-order valence-corrected chi connectivity index (χ1v) is 5.54. The van der Waals surface area contributed by atoms with Crippen molar-refractivity contribution in [1.29, 1.82) is 0 Å². The number of aliphatic imine (C=N–C) groups is 1. The molecular weight excluding hydrogens is 200 g/mol. The van der Waals surface area contributed by atoms with Gasteiger partial charge in [0.25, 0.3) is 0 Å². The molecule has 0 fully saturated rings. The van der Waals surface area contributed by atoms with Crippen molar-refractivity contribution in [2.75, 3.05) is 12.3 Å². The molecule has 0 aromatic rings. The fraction of sp³-hybridized carbons (Fsp3) is 0.778. The minimum Gasteiger partial charge on any atom is -0.458 e. The van der Waals surface area contributed by atoms with E-state index in [4.69, 9.17) is 10.5 Å². The van der Waals surface area contributed by atoms with E-state index in [9.17, 15) is 4.79 Å². The van der Waals surface area contributed by atoms with Crippen LogP contribution in [0.2, 0.25) is 0 Å². The lowest BCUT2D eigenvalue weighted by molar-refractivity contribution is -0.154. The number of nitrogens with zero attached hydrogens (tertiary/aromatic N) is 1. The van der Waals surface area contributed by atoms with Gasteiger partial charge in [0.1, 0.15) is 5.60 Å². The van der Waals surface area contributed by atoms with Gasteiger partial charge in [-0.25, -0.2) is 4.79 Å². The quantitative estimate of drug-likeness (QED) is 0.693. The Labute approximate surface area is 88.3 Å². The Balaban J connectivity index is 2.52. The van der Waals surface area contributed by atoms with Gasteiger partial charge >= 0.3 is 5.97 Å². The molecule has 1 aliphatic heterocycles. The van der Waals surface area contributed by atoms with Crippen LogP contribution in [0, 0.1) is 0 Å². The molecule has 2 N–H and O–H groups in total. The highest BCUT2D eigenvalue weighted by atomic mass is 32.2. The van der Waals surface area contributed by atoms with E-state index in [0.29, 0.717) is 5.04 Å². The number of carbonyl (C=O) groups excluding carboxylic acids is 1. The number of ether oxygens (including phenoxy) is 1. The lowest BCUT2D eigenvalue weighted by atomic mass is 10.2. The fourth-order valence-electron chi connectivity index (χ4n) is 1.01. The fourth-order valence-corrected chi connectivity index (χ4v) is 1.86. The van der Waals surface area contributed by atoms with Crippen LogP contribution in [0.15, 0.2) is 4.99 Å². The summed E-state index contributed by atoms with van der Waals surface area (Å²) >= 11 is 1.53. The molecule has 80 valence electrons. The Kier molecular flexibility index (Phi) is 3.55. The molecule has 1 rings (SSSR count). The van der Waals surface area contributed by atoms with Crippen molar-refractivity contribution >= 4 is 22.8 Å². The van der Waals surface area contributed by atoms with Crippen LogP contribution in [0.4, 0.5) is 0 Å². The first-order valence-electron chi connectivity index (χ1n) is 4.56. The van der Waals surface area contributed by atoms with Crippen LogP contribution in [0.3, 0.4) is 0 Å². The van der Waals surface area contributed by atoms with Gasteiger partial charge in [0.15, 0.2) is 6.04 Å². The molecule has 0 spiro atoms. The minimum absolute atomic E-state index is 0.398. The molecule has 5 heteroatoms. The van der Waals surface area contributed by atoms with Crippen LogP contribution < -0.4 is 5.73 Å². The number of hydrogen-bond donors (Lipinski definition) is 1. The second-order valence-electron chi connectivity index (χ2n) is 4.08. The first-order chi connectivity index (χ1) is 6.40. The van der Waals surface area contributed by atoms with Crippen LogP contribution in [-0.4, -0.2) is 35.0 Å². The molecule has 1 heterocycles. The maximum absolute atomic E-state index is 11.5. The molecule has 1 atom stereocenters. The Morgan fingerprint density at radius 3 is 2.71 bits per heavy atom. The summed E-state index contributed by atoms with van der Waals surface area (Å²) in [6.45, 7) is 6.21. The average molecular weight is 216 g/mol. The molecule has 1 unspecified atom stereocenters. The monoisotopic (exact) mass is 216 g/mol. The highest BCUT2D eigenvalue weighted by molar-refractivity contribution is 8.14. The van der Waals surface area contributed by atoms with Gasteiger partial charge in [0.2, 0.25) is 0 Å². The molecule has 4 nitrogen and oxygen atoms in total. The zero-order valence-electron chi connectivity index (χ0n) is 8.74.